The number of rotatable bonds is 2. The average molecular weight is 242 g/mol. The second kappa shape index (κ2) is 4.14. The Balaban J connectivity index is 3.22. The third-order valence-electron chi connectivity index (χ3n) is 1.67. The fourth-order valence-electron chi connectivity index (χ4n) is 0.959. The zero-order valence-electron chi connectivity index (χ0n) is 7.05. The molecule has 15 heavy (non-hydrogen) atoms. The molecule has 0 aliphatic rings. The van der Waals surface area contributed by atoms with E-state index >= 15 is 0 Å². The number of alkyl halides is 4. The number of hydrogen-bond donors (Lipinski definition) is 0. The summed E-state index contributed by atoms with van der Waals surface area (Å²) >= 11 is 5.23. The van der Waals surface area contributed by atoms with E-state index in [1.807, 2.05) is 0 Å². The van der Waals surface area contributed by atoms with Crippen LogP contribution in [0.3, 0.4) is 0 Å². The first-order chi connectivity index (χ1) is 6.86. The standard InChI is InChI=1S/C8H4ClF4NO/c9-7(14-15)5-3-4(8(11,12)13)1-2-6(5)10/h1-3,7H. The molecule has 0 aliphatic carbocycles. The van der Waals surface area contributed by atoms with Gasteiger partial charge in [0, 0.05) is 5.56 Å². The Morgan fingerprint density at radius 3 is 2.40 bits per heavy atom. The molecular formula is C8H4ClF4NO. The predicted molar refractivity (Wildman–Crippen MR) is 45.8 cm³/mol. The minimum atomic E-state index is -4.61. The molecule has 0 aromatic heterocycles. The van der Waals surface area contributed by atoms with Crippen LogP contribution < -0.4 is 0 Å². The van der Waals surface area contributed by atoms with Crippen LogP contribution in [0.1, 0.15) is 16.6 Å². The molecule has 0 saturated carbocycles. The smallest absolute Gasteiger partial charge is 0.207 e. The molecule has 0 amide bonds. The van der Waals surface area contributed by atoms with Gasteiger partial charge in [0.2, 0.25) is 0 Å². The van der Waals surface area contributed by atoms with Crippen molar-refractivity contribution in [1.82, 2.24) is 0 Å². The molecule has 1 rings (SSSR count). The summed E-state index contributed by atoms with van der Waals surface area (Å²) in [7, 11) is 0. The van der Waals surface area contributed by atoms with Crippen molar-refractivity contribution >= 4 is 11.6 Å². The molecule has 2 nitrogen and oxygen atoms in total. The fraction of sp³-hybridized carbons (Fsp3) is 0.250. The molecule has 0 N–H and O–H groups in total. The first kappa shape index (κ1) is 11.9. The summed E-state index contributed by atoms with van der Waals surface area (Å²) in [4.78, 5) is 9.99. The topological polar surface area (TPSA) is 29.4 Å². The molecule has 0 spiro atoms. The van der Waals surface area contributed by atoms with E-state index in [0.717, 1.165) is 0 Å². The molecular weight excluding hydrogens is 238 g/mol. The largest absolute Gasteiger partial charge is 0.416 e. The lowest BCUT2D eigenvalue weighted by Crippen LogP contribution is -2.06. The van der Waals surface area contributed by atoms with Crippen LogP contribution in [-0.4, -0.2) is 0 Å². The molecule has 0 heterocycles. The van der Waals surface area contributed by atoms with Crippen molar-refractivity contribution in [1.29, 1.82) is 0 Å². The lowest BCUT2D eigenvalue weighted by Gasteiger charge is -2.09. The van der Waals surface area contributed by atoms with Crippen molar-refractivity contribution in [2.75, 3.05) is 0 Å². The highest BCUT2D eigenvalue weighted by Crippen LogP contribution is 2.33. The van der Waals surface area contributed by atoms with E-state index in [9.17, 15) is 22.5 Å². The molecule has 0 fully saturated rings. The number of hydrogen-bond acceptors (Lipinski definition) is 2. The fourth-order valence-corrected chi connectivity index (χ4v) is 1.13. The molecule has 1 unspecified atom stereocenters. The van der Waals surface area contributed by atoms with Crippen LogP contribution in [0, 0.1) is 10.7 Å². The quantitative estimate of drug-likeness (QED) is 0.335. The maximum absolute atomic E-state index is 12.9. The summed E-state index contributed by atoms with van der Waals surface area (Å²) < 4.78 is 49.5. The van der Waals surface area contributed by atoms with Gasteiger partial charge in [0.1, 0.15) is 5.82 Å². The summed E-state index contributed by atoms with van der Waals surface area (Å²) in [6.07, 6.45) is -4.61. The highest BCUT2D eigenvalue weighted by molar-refractivity contribution is 6.20. The van der Waals surface area contributed by atoms with E-state index in [-0.39, 0.29) is 0 Å². The van der Waals surface area contributed by atoms with E-state index in [1.54, 1.807) is 0 Å². The third kappa shape index (κ3) is 2.65. The molecule has 0 radical (unpaired) electrons. The second-order valence-corrected chi connectivity index (χ2v) is 3.09. The van der Waals surface area contributed by atoms with Crippen molar-refractivity contribution < 1.29 is 17.6 Å². The molecule has 0 bridgehead atoms. The van der Waals surface area contributed by atoms with Crippen molar-refractivity contribution in [2.24, 2.45) is 5.18 Å². The van der Waals surface area contributed by atoms with Crippen molar-refractivity contribution in [2.45, 2.75) is 11.7 Å². The van der Waals surface area contributed by atoms with Gasteiger partial charge in [0.05, 0.1) is 5.56 Å². The Hall–Kier alpha value is -1.17. The zero-order valence-corrected chi connectivity index (χ0v) is 7.81. The highest BCUT2D eigenvalue weighted by atomic mass is 35.5. The maximum atomic E-state index is 12.9. The van der Waals surface area contributed by atoms with Gasteiger partial charge in [-0.25, -0.2) is 4.39 Å². The van der Waals surface area contributed by atoms with Crippen LogP contribution in [0.4, 0.5) is 17.6 Å². The Morgan fingerprint density at radius 1 is 1.33 bits per heavy atom. The van der Waals surface area contributed by atoms with E-state index in [1.165, 1.54) is 0 Å². The van der Waals surface area contributed by atoms with Crippen LogP contribution >= 0.6 is 11.6 Å². The van der Waals surface area contributed by atoms with Gasteiger partial charge < -0.3 is 0 Å². The Kier molecular flexibility index (Phi) is 3.28. The molecule has 1 aromatic carbocycles. The van der Waals surface area contributed by atoms with Crippen molar-refractivity contribution in [3.8, 4) is 0 Å². The molecule has 7 heteroatoms. The summed E-state index contributed by atoms with van der Waals surface area (Å²) in [5, 5.41) is 2.25. The Morgan fingerprint density at radius 2 is 1.93 bits per heavy atom. The van der Waals surface area contributed by atoms with Crippen LogP contribution in [0.25, 0.3) is 0 Å². The summed E-state index contributed by atoms with van der Waals surface area (Å²) in [5.41, 5.74) is -3.32. The molecule has 0 saturated heterocycles. The number of nitroso groups, excluding NO2 is 1. The Labute approximate surface area is 86.8 Å². The van der Waals surface area contributed by atoms with Gasteiger partial charge in [0.15, 0.2) is 5.50 Å². The van der Waals surface area contributed by atoms with Gasteiger partial charge in [-0.05, 0) is 23.4 Å². The Bertz CT molecular complexity index is 379. The average Bonchev–Trinajstić information content (AvgIpc) is 2.15. The number of benzene rings is 1. The maximum Gasteiger partial charge on any atom is 0.416 e. The lowest BCUT2D eigenvalue weighted by atomic mass is 10.1. The van der Waals surface area contributed by atoms with E-state index < -0.39 is 28.6 Å². The normalized spacial score (nSPS) is 13.7. The van der Waals surface area contributed by atoms with Gasteiger partial charge in [-0.15, -0.1) is 4.91 Å². The van der Waals surface area contributed by atoms with Crippen LogP contribution in [0.2, 0.25) is 0 Å². The summed E-state index contributed by atoms with van der Waals surface area (Å²) in [6, 6.07) is 1.63. The SMILES string of the molecule is O=NC(Cl)c1cc(C(F)(F)F)ccc1F. The molecule has 0 aliphatic heterocycles. The van der Waals surface area contributed by atoms with Crippen LogP contribution in [0.15, 0.2) is 23.4 Å². The first-order valence-corrected chi connectivity index (χ1v) is 4.13. The van der Waals surface area contributed by atoms with Gasteiger partial charge >= 0.3 is 6.18 Å². The van der Waals surface area contributed by atoms with Gasteiger partial charge in [-0.1, -0.05) is 11.6 Å². The van der Waals surface area contributed by atoms with Gasteiger partial charge in [0.25, 0.3) is 0 Å². The molecule has 82 valence electrons. The highest BCUT2D eigenvalue weighted by Gasteiger charge is 2.31. The minimum absolute atomic E-state index is 0.467. The zero-order chi connectivity index (χ0) is 11.6. The van der Waals surface area contributed by atoms with Crippen molar-refractivity contribution in [3.63, 3.8) is 0 Å². The van der Waals surface area contributed by atoms with Crippen LogP contribution in [0.5, 0.6) is 0 Å². The van der Waals surface area contributed by atoms with Gasteiger partial charge in [-0.3, -0.25) is 0 Å². The van der Waals surface area contributed by atoms with E-state index in [2.05, 4.69) is 5.18 Å². The molecule has 1 atom stereocenters. The van der Waals surface area contributed by atoms with Gasteiger partial charge in [-0.2, -0.15) is 13.2 Å². The molecule has 1 aromatic rings. The monoisotopic (exact) mass is 241 g/mol. The summed E-state index contributed by atoms with van der Waals surface area (Å²) in [5.74, 6) is -0.998. The van der Waals surface area contributed by atoms with E-state index in [4.69, 9.17) is 11.6 Å². The van der Waals surface area contributed by atoms with E-state index in [0.29, 0.717) is 18.2 Å². The summed E-state index contributed by atoms with van der Waals surface area (Å²) in [6.45, 7) is 0. The van der Waals surface area contributed by atoms with Crippen LogP contribution in [-0.2, 0) is 6.18 Å². The third-order valence-corrected chi connectivity index (χ3v) is 1.99. The minimum Gasteiger partial charge on any atom is -0.207 e. The lowest BCUT2D eigenvalue weighted by molar-refractivity contribution is -0.137. The van der Waals surface area contributed by atoms with Crippen molar-refractivity contribution in [3.05, 3.63) is 40.1 Å². The number of halogens is 5. The predicted octanol–water partition coefficient (Wildman–Crippen LogP) is 3.85. The second-order valence-electron chi connectivity index (χ2n) is 2.68. The number of nitrogens with zero attached hydrogens (tertiary/aromatic N) is 1. The first-order valence-electron chi connectivity index (χ1n) is 3.69.